The Labute approximate surface area is 116 Å². The van der Waals surface area contributed by atoms with Crippen LogP contribution >= 0.6 is 0 Å². The van der Waals surface area contributed by atoms with E-state index in [1.165, 1.54) is 23.1 Å². The summed E-state index contributed by atoms with van der Waals surface area (Å²) < 4.78 is 13.5. The fourth-order valence-corrected chi connectivity index (χ4v) is 2.06. The van der Waals surface area contributed by atoms with E-state index in [9.17, 15) is 14.0 Å². The number of amides is 2. The molecule has 1 aliphatic rings. The smallest absolute Gasteiger partial charge is 0.229 e. The molecular weight excluding hydrogens is 261 g/mol. The summed E-state index contributed by atoms with van der Waals surface area (Å²) in [5.41, 5.74) is 0.783. The number of hydrogen-bond donors (Lipinski definition) is 1. The van der Waals surface area contributed by atoms with Crippen molar-refractivity contribution < 1.29 is 19.1 Å². The maximum Gasteiger partial charge on any atom is 0.229 e. The molecule has 1 fully saturated rings. The molecule has 1 aliphatic heterocycles. The first-order chi connectivity index (χ1) is 9.61. The molecule has 0 aromatic heterocycles. The molecule has 20 heavy (non-hydrogen) atoms. The molecule has 0 unspecified atom stereocenters. The van der Waals surface area contributed by atoms with Crippen LogP contribution in [0.3, 0.4) is 0 Å². The van der Waals surface area contributed by atoms with Gasteiger partial charge in [0.1, 0.15) is 12.4 Å². The molecule has 0 bridgehead atoms. The Morgan fingerprint density at radius 2 is 1.95 bits per heavy atom. The summed E-state index contributed by atoms with van der Waals surface area (Å²) in [6.07, 6.45) is 1.32. The first kappa shape index (κ1) is 14.2. The Balaban J connectivity index is 2.21. The predicted molar refractivity (Wildman–Crippen MR) is 69.8 cm³/mol. The Hall–Kier alpha value is -2.19. The molecule has 0 saturated carbocycles. The molecule has 2 rings (SSSR count). The second-order valence-corrected chi connectivity index (χ2v) is 4.50. The van der Waals surface area contributed by atoms with Crippen LogP contribution in [0.15, 0.2) is 18.2 Å². The van der Waals surface area contributed by atoms with Crippen LogP contribution in [0, 0.1) is 17.7 Å². The highest BCUT2D eigenvalue weighted by atomic mass is 19.1. The lowest BCUT2D eigenvalue weighted by molar-refractivity contribution is -0.148. The Kier molecular flexibility index (Phi) is 4.49. The van der Waals surface area contributed by atoms with Crippen LogP contribution in [-0.4, -0.2) is 28.4 Å². The van der Waals surface area contributed by atoms with E-state index in [2.05, 4.69) is 11.8 Å². The normalized spacial score (nSPS) is 15.0. The van der Waals surface area contributed by atoms with Gasteiger partial charge in [0, 0.05) is 12.8 Å². The quantitative estimate of drug-likeness (QED) is 0.652. The molecule has 0 radical (unpaired) electrons. The molecule has 1 heterocycles. The second kappa shape index (κ2) is 6.31. The van der Waals surface area contributed by atoms with Crippen LogP contribution in [0.25, 0.3) is 0 Å². The standard InChI is InChI=1S/C15H14FNO3/c16-13-7-6-11(9-12(13)3-2-8-18)10-17-14(19)4-1-5-15(17)20/h6-7,9,18H,1,4-5,8,10H2. The number of nitrogens with zero attached hydrogens (tertiary/aromatic N) is 1. The van der Waals surface area contributed by atoms with E-state index in [0.29, 0.717) is 24.8 Å². The zero-order chi connectivity index (χ0) is 14.5. The summed E-state index contributed by atoms with van der Waals surface area (Å²) >= 11 is 0. The number of imide groups is 1. The minimum atomic E-state index is -0.494. The number of likely N-dealkylation sites (tertiary alicyclic amines) is 1. The van der Waals surface area contributed by atoms with Gasteiger partial charge in [0.2, 0.25) is 11.8 Å². The lowest BCUT2D eigenvalue weighted by Gasteiger charge is -2.24. The number of carbonyl (C=O) groups excluding carboxylic acids is 2. The van der Waals surface area contributed by atoms with Crippen LogP contribution in [-0.2, 0) is 16.1 Å². The van der Waals surface area contributed by atoms with Gasteiger partial charge in [-0.05, 0) is 24.1 Å². The third-order valence-electron chi connectivity index (χ3n) is 3.06. The molecule has 1 saturated heterocycles. The molecule has 1 N–H and O–H groups in total. The van der Waals surface area contributed by atoms with Crippen molar-refractivity contribution >= 4 is 11.8 Å². The maximum absolute atomic E-state index is 13.5. The summed E-state index contributed by atoms with van der Waals surface area (Å²) in [5.74, 6) is 3.98. The van der Waals surface area contributed by atoms with Crippen molar-refractivity contribution in [1.82, 2.24) is 4.90 Å². The summed E-state index contributed by atoms with van der Waals surface area (Å²) in [7, 11) is 0. The lowest BCUT2D eigenvalue weighted by Crippen LogP contribution is -2.39. The molecule has 4 nitrogen and oxygen atoms in total. The maximum atomic E-state index is 13.5. The Morgan fingerprint density at radius 1 is 1.25 bits per heavy atom. The van der Waals surface area contributed by atoms with Crippen LogP contribution in [0.4, 0.5) is 4.39 Å². The molecule has 1 aromatic carbocycles. The van der Waals surface area contributed by atoms with Crippen LogP contribution in [0.2, 0.25) is 0 Å². The molecule has 1 aromatic rings. The zero-order valence-electron chi connectivity index (χ0n) is 10.9. The van der Waals surface area contributed by atoms with Crippen molar-refractivity contribution in [2.24, 2.45) is 0 Å². The van der Waals surface area contributed by atoms with E-state index in [0.717, 1.165) is 0 Å². The largest absolute Gasteiger partial charge is 0.384 e. The third kappa shape index (κ3) is 3.22. The summed E-state index contributed by atoms with van der Waals surface area (Å²) in [6, 6.07) is 4.26. The third-order valence-corrected chi connectivity index (χ3v) is 3.06. The van der Waals surface area contributed by atoms with Crippen LogP contribution < -0.4 is 0 Å². The van der Waals surface area contributed by atoms with Gasteiger partial charge in [0.05, 0.1) is 12.1 Å². The van der Waals surface area contributed by atoms with Gasteiger partial charge in [0.15, 0.2) is 0 Å². The van der Waals surface area contributed by atoms with Crippen molar-refractivity contribution in [3.8, 4) is 11.8 Å². The van der Waals surface area contributed by atoms with Gasteiger partial charge >= 0.3 is 0 Å². The number of carbonyl (C=O) groups is 2. The molecule has 0 atom stereocenters. The first-order valence-corrected chi connectivity index (χ1v) is 6.33. The van der Waals surface area contributed by atoms with Crippen molar-refractivity contribution in [3.63, 3.8) is 0 Å². The van der Waals surface area contributed by atoms with E-state index >= 15 is 0 Å². The zero-order valence-corrected chi connectivity index (χ0v) is 10.9. The monoisotopic (exact) mass is 275 g/mol. The number of aliphatic hydroxyl groups is 1. The van der Waals surface area contributed by atoms with Crippen molar-refractivity contribution in [3.05, 3.63) is 35.1 Å². The van der Waals surface area contributed by atoms with E-state index in [1.54, 1.807) is 0 Å². The predicted octanol–water partition coefficient (Wildman–Crippen LogP) is 1.21. The number of benzene rings is 1. The molecule has 2 amide bonds. The minimum Gasteiger partial charge on any atom is -0.384 e. The average molecular weight is 275 g/mol. The van der Waals surface area contributed by atoms with Gasteiger partial charge in [-0.25, -0.2) is 4.39 Å². The summed E-state index contributed by atoms with van der Waals surface area (Å²) in [5, 5.41) is 8.62. The number of rotatable bonds is 2. The van der Waals surface area contributed by atoms with Gasteiger partial charge < -0.3 is 5.11 Å². The SMILES string of the molecule is O=C1CCCC(=O)N1Cc1ccc(F)c(C#CCO)c1. The van der Waals surface area contributed by atoms with Gasteiger partial charge in [-0.3, -0.25) is 14.5 Å². The van der Waals surface area contributed by atoms with E-state index in [1.807, 2.05) is 0 Å². The molecule has 0 aliphatic carbocycles. The first-order valence-electron chi connectivity index (χ1n) is 6.33. The van der Waals surface area contributed by atoms with Crippen LogP contribution in [0.1, 0.15) is 30.4 Å². The Morgan fingerprint density at radius 3 is 2.60 bits per heavy atom. The highest BCUT2D eigenvalue weighted by Gasteiger charge is 2.25. The minimum absolute atomic E-state index is 0.131. The van der Waals surface area contributed by atoms with Gasteiger partial charge in [-0.15, -0.1) is 0 Å². The van der Waals surface area contributed by atoms with Crippen molar-refractivity contribution in [1.29, 1.82) is 0 Å². The average Bonchev–Trinajstić information content (AvgIpc) is 2.43. The van der Waals surface area contributed by atoms with E-state index in [-0.39, 0.29) is 30.5 Å². The topological polar surface area (TPSA) is 57.6 Å². The van der Waals surface area contributed by atoms with Gasteiger partial charge in [-0.2, -0.15) is 0 Å². The lowest BCUT2D eigenvalue weighted by atomic mass is 10.1. The van der Waals surface area contributed by atoms with Gasteiger partial charge in [-0.1, -0.05) is 17.9 Å². The fraction of sp³-hybridized carbons (Fsp3) is 0.333. The molecule has 104 valence electrons. The van der Waals surface area contributed by atoms with E-state index in [4.69, 9.17) is 5.11 Å². The highest BCUT2D eigenvalue weighted by molar-refractivity contribution is 5.97. The number of hydrogen-bond acceptors (Lipinski definition) is 3. The molecular formula is C15H14FNO3. The summed E-state index contributed by atoms with van der Waals surface area (Å²) in [6.45, 7) is -0.224. The van der Waals surface area contributed by atoms with Crippen molar-refractivity contribution in [2.45, 2.75) is 25.8 Å². The number of halogens is 1. The molecule has 5 heteroatoms. The number of piperidine rings is 1. The highest BCUT2D eigenvalue weighted by Crippen LogP contribution is 2.17. The fourth-order valence-electron chi connectivity index (χ4n) is 2.06. The van der Waals surface area contributed by atoms with E-state index < -0.39 is 5.82 Å². The summed E-state index contributed by atoms with van der Waals surface area (Å²) in [4.78, 5) is 24.6. The van der Waals surface area contributed by atoms with Gasteiger partial charge in [0.25, 0.3) is 0 Å². The molecule has 0 spiro atoms. The van der Waals surface area contributed by atoms with Crippen LogP contribution in [0.5, 0.6) is 0 Å². The second-order valence-electron chi connectivity index (χ2n) is 4.50. The van der Waals surface area contributed by atoms with Crippen molar-refractivity contribution in [2.75, 3.05) is 6.61 Å². The number of aliphatic hydroxyl groups excluding tert-OH is 1. The Bertz CT molecular complexity index is 585.